The molecule has 1 saturated carbocycles. The monoisotopic (exact) mass is 321 g/mol. The van der Waals surface area contributed by atoms with Gasteiger partial charge in [-0.3, -0.25) is 0 Å². The highest BCUT2D eigenvalue weighted by atomic mass is 35.5. The van der Waals surface area contributed by atoms with Gasteiger partial charge in [0.25, 0.3) is 5.92 Å². The fraction of sp³-hybridized carbons (Fsp3) is 0.667. The van der Waals surface area contributed by atoms with Crippen molar-refractivity contribution in [2.45, 2.75) is 30.9 Å². The molecule has 1 unspecified atom stereocenters. The number of hydrogen-bond acceptors (Lipinski definition) is 6. The molecule has 1 atom stereocenters. The summed E-state index contributed by atoms with van der Waals surface area (Å²) in [6, 6.07) is 0.956. The van der Waals surface area contributed by atoms with Crippen LogP contribution in [-0.2, 0) is 4.74 Å². The summed E-state index contributed by atoms with van der Waals surface area (Å²) in [5.74, 6) is -2.84. The van der Waals surface area contributed by atoms with Crippen LogP contribution in [0.4, 0.5) is 14.6 Å². The predicted octanol–water partition coefficient (Wildman–Crippen LogP) is 1.12. The number of nitrogens with zero attached hydrogens (tertiary/aromatic N) is 2. The molecular formula is C12H18ClF2N5O. The van der Waals surface area contributed by atoms with E-state index in [2.05, 4.69) is 15.5 Å². The van der Waals surface area contributed by atoms with Gasteiger partial charge in [-0.05, 0) is 18.9 Å². The zero-order chi connectivity index (χ0) is 15.5. The Hall–Kier alpha value is -1.09. The molecular weight excluding hydrogens is 304 g/mol. The van der Waals surface area contributed by atoms with Gasteiger partial charge in [-0.15, -0.1) is 10.2 Å². The zero-order valence-electron chi connectivity index (χ0n) is 11.4. The van der Waals surface area contributed by atoms with E-state index in [-0.39, 0.29) is 23.7 Å². The number of nitrogens with two attached hydrogens (primary N) is 2. The highest BCUT2D eigenvalue weighted by Gasteiger charge is 2.30. The van der Waals surface area contributed by atoms with E-state index < -0.39 is 25.1 Å². The number of rotatable bonds is 8. The summed E-state index contributed by atoms with van der Waals surface area (Å²) < 4.78 is 32.2. The van der Waals surface area contributed by atoms with E-state index in [0.717, 1.165) is 12.8 Å². The molecule has 1 aliphatic rings. The average molecular weight is 322 g/mol. The minimum absolute atomic E-state index is 0.108. The minimum atomic E-state index is -3.00. The SMILES string of the molecule is NCC(F)(F)CNC(COC1CC1)c1cc(N)nnc1Cl. The van der Waals surface area contributed by atoms with Crippen molar-refractivity contribution in [3.8, 4) is 0 Å². The van der Waals surface area contributed by atoms with Gasteiger partial charge >= 0.3 is 0 Å². The third-order valence-corrected chi connectivity index (χ3v) is 3.39. The second-order valence-electron chi connectivity index (χ2n) is 5.04. The van der Waals surface area contributed by atoms with Gasteiger partial charge in [0.1, 0.15) is 5.82 Å². The van der Waals surface area contributed by atoms with Gasteiger partial charge in [0, 0.05) is 5.56 Å². The van der Waals surface area contributed by atoms with Gasteiger partial charge in [0.05, 0.1) is 31.8 Å². The molecule has 0 bridgehead atoms. The summed E-state index contributed by atoms with van der Waals surface area (Å²) in [5, 5.41) is 10.1. The fourth-order valence-electron chi connectivity index (χ4n) is 1.72. The number of alkyl halides is 2. The Morgan fingerprint density at radius 1 is 1.48 bits per heavy atom. The lowest BCUT2D eigenvalue weighted by atomic mass is 10.1. The zero-order valence-corrected chi connectivity index (χ0v) is 12.1. The smallest absolute Gasteiger partial charge is 0.272 e. The second-order valence-corrected chi connectivity index (χ2v) is 5.40. The summed E-state index contributed by atoms with van der Waals surface area (Å²) in [6.07, 6.45) is 2.15. The maximum atomic E-state index is 13.3. The molecule has 1 aromatic rings. The first-order valence-corrected chi connectivity index (χ1v) is 7.00. The maximum absolute atomic E-state index is 13.3. The Bertz CT molecular complexity index is 487. The summed E-state index contributed by atoms with van der Waals surface area (Å²) in [4.78, 5) is 0. The second kappa shape index (κ2) is 6.78. The molecule has 0 radical (unpaired) electrons. The van der Waals surface area contributed by atoms with Gasteiger partial charge < -0.3 is 21.5 Å². The lowest BCUT2D eigenvalue weighted by molar-refractivity contribution is 0.00398. The van der Waals surface area contributed by atoms with Crippen LogP contribution in [0.2, 0.25) is 5.15 Å². The number of ether oxygens (including phenoxy) is 1. The molecule has 118 valence electrons. The third kappa shape index (κ3) is 4.99. The number of nitrogens with one attached hydrogen (secondary N) is 1. The van der Waals surface area contributed by atoms with Crippen LogP contribution in [-0.4, -0.2) is 41.9 Å². The summed E-state index contributed by atoms with van der Waals surface area (Å²) >= 11 is 5.97. The first-order chi connectivity index (χ1) is 9.91. The van der Waals surface area contributed by atoms with Crippen molar-refractivity contribution in [2.24, 2.45) is 5.73 Å². The molecule has 5 N–H and O–H groups in total. The average Bonchev–Trinajstić information content (AvgIpc) is 3.26. The van der Waals surface area contributed by atoms with E-state index in [4.69, 9.17) is 27.8 Å². The lowest BCUT2D eigenvalue weighted by Crippen LogP contribution is -2.41. The van der Waals surface area contributed by atoms with Gasteiger partial charge in [0.2, 0.25) is 0 Å². The van der Waals surface area contributed by atoms with E-state index in [1.165, 1.54) is 6.07 Å². The molecule has 0 aromatic carbocycles. The van der Waals surface area contributed by atoms with Crippen LogP contribution in [0, 0.1) is 0 Å². The topological polar surface area (TPSA) is 99.1 Å². The molecule has 2 rings (SSSR count). The van der Waals surface area contributed by atoms with E-state index >= 15 is 0 Å². The number of aromatic nitrogens is 2. The maximum Gasteiger partial charge on any atom is 0.272 e. The van der Waals surface area contributed by atoms with Crippen molar-refractivity contribution in [2.75, 3.05) is 25.4 Å². The number of hydrogen-bond donors (Lipinski definition) is 3. The highest BCUT2D eigenvalue weighted by molar-refractivity contribution is 6.30. The minimum Gasteiger partial charge on any atom is -0.382 e. The number of nitrogen functional groups attached to an aromatic ring is 1. The van der Waals surface area contributed by atoms with Crippen molar-refractivity contribution >= 4 is 17.4 Å². The van der Waals surface area contributed by atoms with Crippen LogP contribution < -0.4 is 16.8 Å². The Kier molecular flexibility index (Phi) is 5.26. The quantitative estimate of drug-likeness (QED) is 0.663. The molecule has 1 heterocycles. The van der Waals surface area contributed by atoms with E-state index in [1.807, 2.05) is 0 Å². The Labute approximate surface area is 126 Å². The standard InChI is InChI=1S/C12H18ClF2N5O/c13-11-8(3-10(17)19-20-11)9(4-21-7-1-2-7)18-6-12(14,15)5-16/h3,7,9,18H,1-2,4-6,16H2,(H2,17,19). The summed E-state index contributed by atoms with van der Waals surface area (Å²) in [5.41, 5.74) is 11.1. The molecule has 9 heteroatoms. The predicted molar refractivity (Wildman–Crippen MR) is 75.2 cm³/mol. The van der Waals surface area contributed by atoms with Crippen LogP contribution in [0.3, 0.4) is 0 Å². The fourth-order valence-corrected chi connectivity index (χ4v) is 1.95. The first kappa shape index (κ1) is 16.3. The van der Waals surface area contributed by atoms with E-state index in [9.17, 15) is 8.78 Å². The molecule has 1 fully saturated rings. The molecule has 0 spiro atoms. The molecule has 6 nitrogen and oxygen atoms in total. The lowest BCUT2D eigenvalue weighted by Gasteiger charge is -2.23. The Balaban J connectivity index is 2.08. The first-order valence-electron chi connectivity index (χ1n) is 6.63. The molecule has 21 heavy (non-hydrogen) atoms. The van der Waals surface area contributed by atoms with Crippen LogP contribution in [0.25, 0.3) is 0 Å². The van der Waals surface area contributed by atoms with Gasteiger partial charge in [-0.25, -0.2) is 8.78 Å². The summed E-state index contributed by atoms with van der Waals surface area (Å²) in [6.45, 7) is -1.11. The number of anilines is 1. The Morgan fingerprint density at radius 2 is 2.19 bits per heavy atom. The van der Waals surface area contributed by atoms with Gasteiger partial charge in [-0.2, -0.15) is 0 Å². The van der Waals surface area contributed by atoms with Crippen LogP contribution in [0.1, 0.15) is 24.4 Å². The van der Waals surface area contributed by atoms with E-state index in [0.29, 0.717) is 5.56 Å². The third-order valence-electron chi connectivity index (χ3n) is 3.10. The van der Waals surface area contributed by atoms with E-state index in [1.54, 1.807) is 0 Å². The largest absolute Gasteiger partial charge is 0.382 e. The van der Waals surface area contributed by atoms with Crippen LogP contribution in [0.15, 0.2) is 6.07 Å². The normalized spacial score (nSPS) is 17.0. The molecule has 1 aliphatic carbocycles. The van der Waals surface area contributed by atoms with Crippen LogP contribution >= 0.6 is 11.6 Å². The molecule has 1 aromatic heterocycles. The van der Waals surface area contributed by atoms with Crippen molar-refractivity contribution in [1.29, 1.82) is 0 Å². The molecule has 0 amide bonds. The van der Waals surface area contributed by atoms with Gasteiger partial charge in [-0.1, -0.05) is 11.6 Å². The van der Waals surface area contributed by atoms with Gasteiger partial charge in [0.15, 0.2) is 5.15 Å². The number of halogens is 3. The van der Waals surface area contributed by atoms with Crippen molar-refractivity contribution in [3.05, 3.63) is 16.8 Å². The Morgan fingerprint density at radius 3 is 2.81 bits per heavy atom. The highest BCUT2D eigenvalue weighted by Crippen LogP contribution is 2.28. The summed E-state index contributed by atoms with van der Waals surface area (Å²) in [7, 11) is 0. The molecule has 0 aliphatic heterocycles. The van der Waals surface area contributed by atoms with Crippen molar-refractivity contribution in [3.63, 3.8) is 0 Å². The van der Waals surface area contributed by atoms with Crippen LogP contribution in [0.5, 0.6) is 0 Å². The van der Waals surface area contributed by atoms with Crippen molar-refractivity contribution in [1.82, 2.24) is 15.5 Å². The molecule has 0 saturated heterocycles. The van der Waals surface area contributed by atoms with Crippen molar-refractivity contribution < 1.29 is 13.5 Å².